The molecule has 1 heterocycles. The second-order valence-electron chi connectivity index (χ2n) is 7.62. The van der Waals surface area contributed by atoms with Crippen molar-refractivity contribution in [2.45, 2.75) is 71.6 Å². The molecule has 1 aliphatic heterocycles. The summed E-state index contributed by atoms with van der Waals surface area (Å²) < 4.78 is 0. The summed E-state index contributed by atoms with van der Waals surface area (Å²) in [4.78, 5) is 2.64. The fourth-order valence-electron chi connectivity index (χ4n) is 3.63. The van der Waals surface area contributed by atoms with Crippen molar-refractivity contribution in [3.05, 3.63) is 0 Å². The number of aliphatic hydroxyl groups excluding tert-OH is 1. The molecule has 0 radical (unpaired) electrons. The standard InChI is InChI=1S/C17H34N2O/c1-12(2)9-18-17-8-16(14(4)20)10-19(11-17)13(3)15-6-5-7-15/h12-18,20H,5-11H2,1-4H3. The van der Waals surface area contributed by atoms with Gasteiger partial charge >= 0.3 is 0 Å². The third-order valence-electron chi connectivity index (χ3n) is 5.42. The molecule has 0 spiro atoms. The fraction of sp³-hybridized carbons (Fsp3) is 1.00. The Morgan fingerprint density at radius 1 is 1.10 bits per heavy atom. The van der Waals surface area contributed by atoms with Gasteiger partial charge in [-0.25, -0.2) is 0 Å². The van der Waals surface area contributed by atoms with E-state index in [1.807, 2.05) is 6.92 Å². The van der Waals surface area contributed by atoms with Crippen molar-refractivity contribution in [3.63, 3.8) is 0 Å². The van der Waals surface area contributed by atoms with Gasteiger partial charge in [-0.15, -0.1) is 0 Å². The quantitative estimate of drug-likeness (QED) is 0.786. The molecule has 4 unspecified atom stereocenters. The molecule has 0 aromatic carbocycles. The third-order valence-corrected chi connectivity index (χ3v) is 5.42. The highest BCUT2D eigenvalue weighted by molar-refractivity contribution is 4.91. The average molecular weight is 282 g/mol. The van der Waals surface area contributed by atoms with Crippen molar-refractivity contribution in [3.8, 4) is 0 Å². The predicted molar refractivity (Wildman–Crippen MR) is 84.8 cm³/mol. The van der Waals surface area contributed by atoms with Crippen molar-refractivity contribution >= 4 is 0 Å². The van der Waals surface area contributed by atoms with Crippen LogP contribution in [0.4, 0.5) is 0 Å². The SMILES string of the molecule is CC(C)CNC1CC(C(C)O)CN(C(C)C2CCC2)C1. The molecule has 3 heteroatoms. The fourth-order valence-corrected chi connectivity index (χ4v) is 3.63. The van der Waals surface area contributed by atoms with E-state index in [-0.39, 0.29) is 6.10 Å². The van der Waals surface area contributed by atoms with Crippen LogP contribution in [0, 0.1) is 17.8 Å². The zero-order chi connectivity index (χ0) is 14.7. The molecule has 0 bridgehead atoms. The van der Waals surface area contributed by atoms with E-state index in [1.165, 1.54) is 19.3 Å². The molecule has 2 rings (SSSR count). The molecule has 20 heavy (non-hydrogen) atoms. The highest BCUT2D eigenvalue weighted by Crippen LogP contribution is 2.34. The lowest BCUT2D eigenvalue weighted by molar-refractivity contribution is 0.00826. The Morgan fingerprint density at radius 2 is 1.80 bits per heavy atom. The maximum absolute atomic E-state index is 10.0. The van der Waals surface area contributed by atoms with E-state index in [1.54, 1.807) is 0 Å². The number of nitrogens with zero attached hydrogens (tertiary/aromatic N) is 1. The smallest absolute Gasteiger partial charge is 0.0553 e. The van der Waals surface area contributed by atoms with Crippen LogP contribution in [0.5, 0.6) is 0 Å². The first-order valence-corrected chi connectivity index (χ1v) is 8.62. The van der Waals surface area contributed by atoms with E-state index in [0.29, 0.717) is 23.9 Å². The minimum absolute atomic E-state index is 0.185. The molecular weight excluding hydrogens is 248 g/mol. The van der Waals surface area contributed by atoms with Gasteiger partial charge in [0.25, 0.3) is 0 Å². The highest BCUT2D eigenvalue weighted by atomic mass is 16.3. The van der Waals surface area contributed by atoms with Gasteiger partial charge in [0.15, 0.2) is 0 Å². The van der Waals surface area contributed by atoms with Crippen molar-refractivity contribution < 1.29 is 5.11 Å². The molecule has 3 nitrogen and oxygen atoms in total. The summed E-state index contributed by atoms with van der Waals surface area (Å²) in [7, 11) is 0. The van der Waals surface area contributed by atoms with Gasteiger partial charge in [0.05, 0.1) is 6.10 Å². The number of likely N-dealkylation sites (tertiary alicyclic amines) is 1. The highest BCUT2D eigenvalue weighted by Gasteiger charge is 2.35. The summed E-state index contributed by atoms with van der Waals surface area (Å²) in [6, 6.07) is 1.24. The van der Waals surface area contributed by atoms with Crippen LogP contribution >= 0.6 is 0 Å². The van der Waals surface area contributed by atoms with Crippen molar-refractivity contribution in [2.24, 2.45) is 17.8 Å². The van der Waals surface area contributed by atoms with Gasteiger partial charge in [0.1, 0.15) is 0 Å². The molecule has 1 aliphatic carbocycles. The lowest BCUT2D eigenvalue weighted by atomic mass is 9.78. The number of nitrogens with one attached hydrogen (secondary N) is 1. The van der Waals surface area contributed by atoms with Crippen molar-refractivity contribution in [1.29, 1.82) is 0 Å². The Balaban J connectivity index is 1.92. The molecule has 2 fully saturated rings. The summed E-state index contributed by atoms with van der Waals surface area (Å²) >= 11 is 0. The van der Waals surface area contributed by atoms with Crippen molar-refractivity contribution in [2.75, 3.05) is 19.6 Å². The Morgan fingerprint density at radius 3 is 2.30 bits per heavy atom. The van der Waals surface area contributed by atoms with E-state index in [0.717, 1.165) is 32.0 Å². The summed E-state index contributed by atoms with van der Waals surface area (Å²) in [6.07, 6.45) is 5.16. The van der Waals surface area contributed by atoms with Crippen LogP contribution < -0.4 is 5.32 Å². The largest absolute Gasteiger partial charge is 0.393 e. The van der Waals surface area contributed by atoms with Crippen LogP contribution in [0.25, 0.3) is 0 Å². The van der Waals surface area contributed by atoms with Crippen LogP contribution in [0.2, 0.25) is 0 Å². The number of rotatable bonds is 6. The van der Waals surface area contributed by atoms with Gasteiger partial charge in [-0.2, -0.15) is 0 Å². The van der Waals surface area contributed by atoms with Crippen LogP contribution in [0.3, 0.4) is 0 Å². The van der Waals surface area contributed by atoms with E-state index in [4.69, 9.17) is 0 Å². The van der Waals surface area contributed by atoms with Crippen LogP contribution in [-0.4, -0.2) is 47.8 Å². The monoisotopic (exact) mass is 282 g/mol. The first kappa shape index (κ1) is 16.3. The zero-order valence-corrected chi connectivity index (χ0v) is 13.8. The lowest BCUT2D eigenvalue weighted by Crippen LogP contribution is -2.56. The molecule has 4 atom stereocenters. The molecule has 0 aromatic heterocycles. The molecule has 2 aliphatic rings. The Kier molecular flexibility index (Phi) is 5.88. The third kappa shape index (κ3) is 4.19. The van der Waals surface area contributed by atoms with Gasteiger partial charge in [-0.1, -0.05) is 20.3 Å². The number of aliphatic hydroxyl groups is 1. The molecule has 0 amide bonds. The molecule has 2 N–H and O–H groups in total. The zero-order valence-electron chi connectivity index (χ0n) is 13.8. The summed E-state index contributed by atoms with van der Waals surface area (Å²) in [5.41, 5.74) is 0. The molecule has 1 saturated heterocycles. The minimum Gasteiger partial charge on any atom is -0.393 e. The molecular formula is C17H34N2O. The lowest BCUT2D eigenvalue weighted by Gasteiger charge is -2.46. The molecule has 118 valence electrons. The average Bonchev–Trinajstić information content (AvgIpc) is 2.33. The number of piperidine rings is 1. The van der Waals surface area contributed by atoms with Gasteiger partial charge < -0.3 is 10.4 Å². The first-order chi connectivity index (χ1) is 9.47. The van der Waals surface area contributed by atoms with Crippen molar-refractivity contribution in [1.82, 2.24) is 10.2 Å². The predicted octanol–water partition coefficient (Wildman–Crippen LogP) is 2.49. The summed E-state index contributed by atoms with van der Waals surface area (Å²) in [5.74, 6) is 2.02. The maximum atomic E-state index is 10.0. The van der Waals surface area contributed by atoms with Gasteiger partial charge in [0.2, 0.25) is 0 Å². The van der Waals surface area contributed by atoms with E-state index in [2.05, 4.69) is 31.0 Å². The van der Waals surface area contributed by atoms with Crippen LogP contribution in [-0.2, 0) is 0 Å². The first-order valence-electron chi connectivity index (χ1n) is 8.62. The van der Waals surface area contributed by atoms with E-state index < -0.39 is 0 Å². The Hall–Kier alpha value is -0.120. The topological polar surface area (TPSA) is 35.5 Å². The number of hydrogen-bond acceptors (Lipinski definition) is 3. The number of hydrogen-bond donors (Lipinski definition) is 2. The Labute approximate surface area is 125 Å². The van der Waals surface area contributed by atoms with Crippen LogP contribution in [0.1, 0.15) is 53.4 Å². The minimum atomic E-state index is -0.185. The summed E-state index contributed by atoms with van der Waals surface area (Å²) in [6.45, 7) is 12.2. The Bertz CT molecular complexity index is 289. The van der Waals surface area contributed by atoms with Gasteiger partial charge in [0, 0.05) is 25.2 Å². The van der Waals surface area contributed by atoms with Gasteiger partial charge in [-0.05, 0) is 57.4 Å². The summed E-state index contributed by atoms with van der Waals surface area (Å²) in [5, 5.41) is 13.7. The maximum Gasteiger partial charge on any atom is 0.0553 e. The van der Waals surface area contributed by atoms with E-state index >= 15 is 0 Å². The normalized spacial score (nSPS) is 32.1. The van der Waals surface area contributed by atoms with Gasteiger partial charge in [-0.3, -0.25) is 4.90 Å². The van der Waals surface area contributed by atoms with E-state index in [9.17, 15) is 5.11 Å². The molecule has 0 aromatic rings. The molecule has 1 saturated carbocycles. The van der Waals surface area contributed by atoms with Crippen LogP contribution in [0.15, 0.2) is 0 Å². The second kappa shape index (κ2) is 7.24. The second-order valence-corrected chi connectivity index (χ2v) is 7.62.